The van der Waals surface area contributed by atoms with Crippen molar-refractivity contribution in [1.82, 2.24) is 20.1 Å². The fraction of sp³-hybridized carbons (Fsp3) is 0.576. The number of ether oxygens (including phenoxy) is 3. The molecule has 3 amide bonds. The van der Waals surface area contributed by atoms with Crippen LogP contribution in [0.2, 0.25) is 0 Å². The number of carbonyl (C=O) groups excluding carboxylic acids is 3. The van der Waals surface area contributed by atoms with Crippen molar-refractivity contribution in [3.8, 4) is 17.0 Å². The van der Waals surface area contributed by atoms with E-state index in [0.717, 1.165) is 12.8 Å². The second kappa shape index (κ2) is 14.9. The monoisotopic (exact) mass is 630 g/mol. The number of benzene rings is 1. The third-order valence-electron chi connectivity index (χ3n) is 7.65. The lowest BCUT2D eigenvalue weighted by Gasteiger charge is -2.31. The van der Waals surface area contributed by atoms with E-state index in [1.165, 1.54) is 11.0 Å². The van der Waals surface area contributed by atoms with Gasteiger partial charge in [0.2, 0.25) is 11.8 Å². The highest BCUT2D eigenvalue weighted by atomic mass is 19.1. The van der Waals surface area contributed by atoms with Crippen LogP contribution < -0.4 is 10.1 Å². The zero-order chi connectivity index (χ0) is 32.7. The number of pyridine rings is 1. The molecule has 2 saturated heterocycles. The van der Waals surface area contributed by atoms with E-state index in [1.807, 2.05) is 13.8 Å². The molecule has 1 aromatic carbocycles. The summed E-state index contributed by atoms with van der Waals surface area (Å²) in [5.41, 5.74) is 0.708. The van der Waals surface area contributed by atoms with Crippen LogP contribution in [-0.4, -0.2) is 89.6 Å². The number of alkyl carbamates (subject to hydrolysis) is 1. The van der Waals surface area contributed by atoms with E-state index in [1.54, 1.807) is 56.1 Å². The van der Waals surface area contributed by atoms with Crippen LogP contribution >= 0.6 is 0 Å². The van der Waals surface area contributed by atoms with Gasteiger partial charge in [-0.25, -0.2) is 23.4 Å². The van der Waals surface area contributed by atoms with E-state index in [2.05, 4.69) is 10.3 Å². The van der Waals surface area contributed by atoms with E-state index in [4.69, 9.17) is 14.2 Å². The SMILES string of the molecule is CC(C)OC(=O)N1CCC(COc2cc(-c3ccc(C[C@H](NC(=O)OC(C)(C)C)C(=O)N4CC[C@H](F)C4)c(F)c3)ccn2)CC1. The van der Waals surface area contributed by atoms with E-state index >= 15 is 4.39 Å². The van der Waals surface area contributed by atoms with E-state index < -0.39 is 35.6 Å². The minimum atomic E-state index is -1.13. The first-order valence-electron chi connectivity index (χ1n) is 15.5. The average molecular weight is 631 g/mol. The van der Waals surface area contributed by atoms with E-state index in [9.17, 15) is 18.8 Å². The van der Waals surface area contributed by atoms with Crippen molar-refractivity contribution in [3.63, 3.8) is 0 Å². The molecule has 2 fully saturated rings. The molecule has 0 unspecified atom stereocenters. The van der Waals surface area contributed by atoms with Gasteiger partial charge in [0.05, 0.1) is 19.3 Å². The molecule has 2 aliphatic rings. The number of hydrogen-bond acceptors (Lipinski definition) is 7. The van der Waals surface area contributed by atoms with Crippen LogP contribution in [0.4, 0.5) is 18.4 Å². The molecule has 1 N–H and O–H groups in total. The van der Waals surface area contributed by atoms with Crippen LogP contribution in [0, 0.1) is 11.7 Å². The maximum absolute atomic E-state index is 15.4. The number of carbonyl (C=O) groups is 3. The maximum atomic E-state index is 15.4. The molecule has 2 aliphatic heterocycles. The summed E-state index contributed by atoms with van der Waals surface area (Å²) in [5, 5.41) is 2.56. The number of likely N-dealkylation sites (tertiary alicyclic amines) is 2. The Kier molecular flexibility index (Phi) is 11.2. The Hall–Kier alpha value is -3.96. The summed E-state index contributed by atoms with van der Waals surface area (Å²) in [6, 6.07) is 7.02. The van der Waals surface area contributed by atoms with Crippen molar-refractivity contribution < 1.29 is 37.4 Å². The first kappa shape index (κ1) is 33.9. The van der Waals surface area contributed by atoms with Gasteiger partial charge in [0, 0.05) is 38.3 Å². The Morgan fingerprint density at radius 3 is 2.33 bits per heavy atom. The number of nitrogens with one attached hydrogen (secondary N) is 1. The predicted molar refractivity (Wildman–Crippen MR) is 164 cm³/mol. The summed E-state index contributed by atoms with van der Waals surface area (Å²) >= 11 is 0. The second-order valence-electron chi connectivity index (χ2n) is 12.9. The van der Waals surface area contributed by atoms with Crippen LogP contribution in [0.5, 0.6) is 5.88 Å². The van der Waals surface area contributed by atoms with Crippen molar-refractivity contribution >= 4 is 18.1 Å². The number of nitrogens with zero attached hydrogens (tertiary/aromatic N) is 3. The predicted octanol–water partition coefficient (Wildman–Crippen LogP) is 5.53. The topological polar surface area (TPSA) is 110 Å². The lowest BCUT2D eigenvalue weighted by atomic mass is 9.98. The molecule has 10 nitrogen and oxygen atoms in total. The molecule has 12 heteroatoms. The van der Waals surface area contributed by atoms with E-state index in [-0.39, 0.29) is 49.6 Å². The number of piperidine rings is 1. The van der Waals surface area contributed by atoms with Crippen LogP contribution in [0.1, 0.15) is 59.4 Å². The van der Waals surface area contributed by atoms with Crippen molar-refractivity contribution in [2.45, 2.75) is 84.2 Å². The van der Waals surface area contributed by atoms with Crippen LogP contribution in [-0.2, 0) is 20.7 Å². The molecule has 0 aliphatic carbocycles. The number of amides is 3. The Morgan fingerprint density at radius 2 is 1.71 bits per heavy atom. The fourth-order valence-electron chi connectivity index (χ4n) is 5.33. The zero-order valence-corrected chi connectivity index (χ0v) is 26.7. The largest absolute Gasteiger partial charge is 0.477 e. The van der Waals surface area contributed by atoms with Crippen LogP contribution in [0.15, 0.2) is 36.5 Å². The summed E-state index contributed by atoms with van der Waals surface area (Å²) in [4.78, 5) is 45.2. The standard InChI is InChI=1S/C33H44F2N4O6/c1-21(2)44-32(42)38-13-9-22(10-14-38)20-43-29-18-24(8-12-36-29)23-6-7-25(27(35)16-23)17-28(37-31(41)45-33(3,4)5)30(40)39-15-11-26(34)19-39/h6-8,12,16,18,21-22,26,28H,9-11,13-15,17,19-20H2,1-5H3,(H,37,41)/t26-,28-/m0/s1. The normalized spacial score (nSPS) is 18.1. The summed E-state index contributed by atoms with van der Waals surface area (Å²) in [5.74, 6) is -0.371. The fourth-order valence-corrected chi connectivity index (χ4v) is 5.33. The molecule has 3 heterocycles. The van der Waals surface area contributed by atoms with Crippen LogP contribution in [0.3, 0.4) is 0 Å². The quantitative estimate of drug-likeness (QED) is 0.388. The van der Waals surface area contributed by atoms with Gasteiger partial charge in [-0.3, -0.25) is 4.79 Å². The molecule has 0 bridgehead atoms. The molecule has 0 saturated carbocycles. The number of halogens is 2. The first-order valence-corrected chi connectivity index (χ1v) is 15.5. The Bertz CT molecular complexity index is 1340. The summed E-state index contributed by atoms with van der Waals surface area (Å²) in [6.07, 6.45) is 0.878. The van der Waals surface area contributed by atoms with Gasteiger partial charge in [-0.2, -0.15) is 0 Å². The molecular weight excluding hydrogens is 586 g/mol. The average Bonchev–Trinajstić information content (AvgIpc) is 3.41. The molecule has 1 aromatic heterocycles. The minimum absolute atomic E-state index is 0.0642. The van der Waals surface area contributed by atoms with Crippen LogP contribution in [0.25, 0.3) is 11.1 Å². The van der Waals surface area contributed by atoms with Gasteiger partial charge in [-0.15, -0.1) is 0 Å². The van der Waals surface area contributed by atoms with Gasteiger partial charge in [0.1, 0.15) is 23.6 Å². The summed E-state index contributed by atoms with van der Waals surface area (Å²) < 4.78 is 45.8. The zero-order valence-electron chi connectivity index (χ0n) is 26.7. The molecule has 0 spiro atoms. The van der Waals surface area contributed by atoms with Gasteiger partial charge in [0.25, 0.3) is 0 Å². The highest BCUT2D eigenvalue weighted by Crippen LogP contribution is 2.27. The smallest absolute Gasteiger partial charge is 0.410 e. The lowest BCUT2D eigenvalue weighted by molar-refractivity contribution is -0.132. The number of rotatable bonds is 9. The van der Waals surface area contributed by atoms with Gasteiger partial charge in [-0.05, 0) is 88.6 Å². The Morgan fingerprint density at radius 1 is 1.02 bits per heavy atom. The Balaban J connectivity index is 1.39. The lowest BCUT2D eigenvalue weighted by Crippen LogP contribution is -2.50. The van der Waals surface area contributed by atoms with Gasteiger partial charge in [-0.1, -0.05) is 12.1 Å². The third kappa shape index (κ3) is 10.0. The second-order valence-corrected chi connectivity index (χ2v) is 12.9. The van der Waals surface area contributed by atoms with Crippen molar-refractivity contribution in [3.05, 3.63) is 47.9 Å². The van der Waals surface area contributed by atoms with Gasteiger partial charge >= 0.3 is 12.2 Å². The van der Waals surface area contributed by atoms with Crippen molar-refractivity contribution in [2.24, 2.45) is 5.92 Å². The molecule has 45 heavy (non-hydrogen) atoms. The van der Waals surface area contributed by atoms with E-state index in [0.29, 0.717) is 36.7 Å². The molecule has 246 valence electrons. The van der Waals surface area contributed by atoms with Gasteiger partial charge in [0.15, 0.2) is 0 Å². The molecular formula is C33H44F2N4O6. The Labute approximate surface area is 263 Å². The molecule has 2 aromatic rings. The third-order valence-corrected chi connectivity index (χ3v) is 7.65. The van der Waals surface area contributed by atoms with Crippen molar-refractivity contribution in [1.29, 1.82) is 0 Å². The molecule has 0 radical (unpaired) electrons. The number of hydrogen-bond donors (Lipinski definition) is 1. The van der Waals surface area contributed by atoms with Crippen molar-refractivity contribution in [2.75, 3.05) is 32.8 Å². The first-order chi connectivity index (χ1) is 21.3. The summed E-state index contributed by atoms with van der Waals surface area (Å²) in [6.45, 7) is 10.6. The molecule has 4 rings (SSSR count). The highest BCUT2D eigenvalue weighted by Gasteiger charge is 2.33. The molecule has 2 atom stereocenters. The summed E-state index contributed by atoms with van der Waals surface area (Å²) in [7, 11) is 0. The van der Waals surface area contributed by atoms with Gasteiger partial charge < -0.3 is 29.3 Å². The minimum Gasteiger partial charge on any atom is -0.477 e. The number of alkyl halides is 1. The number of aromatic nitrogens is 1. The maximum Gasteiger partial charge on any atom is 0.410 e. The highest BCUT2D eigenvalue weighted by molar-refractivity contribution is 5.86.